The SMILES string of the molecule is O=C(CS[C@@H]1CC(=O)N(c2ccc(Br)cc2)C1=O)Nc1ccc2ccccc2c1. The van der Waals surface area contributed by atoms with Gasteiger partial charge in [-0.25, -0.2) is 4.90 Å². The van der Waals surface area contributed by atoms with Crippen LogP contribution < -0.4 is 10.2 Å². The standard InChI is InChI=1S/C22H17BrN2O3S/c23-16-6-9-18(10-7-16)25-21(27)12-19(22(25)28)29-13-20(26)24-17-8-5-14-3-1-2-4-15(14)11-17/h1-11,19H,12-13H2,(H,24,26)/t19-/m1/s1. The van der Waals surface area contributed by atoms with Crippen molar-refractivity contribution in [3.05, 3.63) is 71.2 Å². The van der Waals surface area contributed by atoms with E-state index in [2.05, 4.69) is 21.2 Å². The zero-order valence-electron chi connectivity index (χ0n) is 15.3. The van der Waals surface area contributed by atoms with E-state index in [0.717, 1.165) is 15.2 Å². The van der Waals surface area contributed by atoms with Gasteiger partial charge in [0.1, 0.15) is 0 Å². The number of anilines is 2. The van der Waals surface area contributed by atoms with E-state index in [-0.39, 0.29) is 29.9 Å². The first-order valence-corrected chi connectivity index (χ1v) is 10.9. The van der Waals surface area contributed by atoms with Crippen LogP contribution in [0.15, 0.2) is 71.2 Å². The van der Waals surface area contributed by atoms with Crippen molar-refractivity contribution in [3.8, 4) is 0 Å². The number of hydrogen-bond acceptors (Lipinski definition) is 4. The van der Waals surface area contributed by atoms with Gasteiger partial charge in [-0.3, -0.25) is 14.4 Å². The van der Waals surface area contributed by atoms with Crippen LogP contribution in [0.1, 0.15) is 6.42 Å². The second kappa shape index (κ2) is 8.39. The first-order valence-electron chi connectivity index (χ1n) is 9.04. The van der Waals surface area contributed by atoms with Crippen LogP contribution in [0.2, 0.25) is 0 Å². The van der Waals surface area contributed by atoms with Crippen LogP contribution in [0.3, 0.4) is 0 Å². The van der Waals surface area contributed by atoms with Gasteiger partial charge in [-0.15, -0.1) is 11.8 Å². The number of rotatable bonds is 5. The maximum atomic E-state index is 12.7. The minimum atomic E-state index is -0.548. The van der Waals surface area contributed by atoms with Crippen LogP contribution >= 0.6 is 27.7 Å². The van der Waals surface area contributed by atoms with Crippen molar-refractivity contribution in [1.82, 2.24) is 0 Å². The minimum absolute atomic E-state index is 0.100. The van der Waals surface area contributed by atoms with Crippen molar-refractivity contribution in [2.45, 2.75) is 11.7 Å². The summed E-state index contributed by atoms with van der Waals surface area (Å²) in [5, 5.41) is 4.45. The number of carbonyl (C=O) groups is 3. The highest BCUT2D eigenvalue weighted by molar-refractivity contribution is 9.10. The summed E-state index contributed by atoms with van der Waals surface area (Å²) in [5.74, 6) is -0.622. The monoisotopic (exact) mass is 468 g/mol. The molecule has 1 fully saturated rings. The van der Waals surface area contributed by atoms with E-state index in [9.17, 15) is 14.4 Å². The average molecular weight is 469 g/mol. The maximum Gasteiger partial charge on any atom is 0.247 e. The number of nitrogens with one attached hydrogen (secondary N) is 1. The molecule has 0 aromatic heterocycles. The van der Waals surface area contributed by atoms with E-state index in [1.165, 1.54) is 16.7 Å². The molecule has 3 aromatic rings. The number of fused-ring (bicyclic) bond motifs is 1. The lowest BCUT2D eigenvalue weighted by Crippen LogP contribution is -2.31. The number of nitrogens with zero attached hydrogens (tertiary/aromatic N) is 1. The van der Waals surface area contributed by atoms with Gasteiger partial charge in [-0.1, -0.05) is 46.3 Å². The molecule has 5 nitrogen and oxygen atoms in total. The van der Waals surface area contributed by atoms with Crippen molar-refractivity contribution in [3.63, 3.8) is 0 Å². The molecule has 0 bridgehead atoms. The lowest BCUT2D eigenvalue weighted by molar-refractivity contribution is -0.121. The maximum absolute atomic E-state index is 12.7. The van der Waals surface area contributed by atoms with E-state index in [1.54, 1.807) is 24.3 Å². The Morgan fingerprint density at radius 1 is 1.03 bits per heavy atom. The molecule has 4 rings (SSSR count). The molecule has 1 aliphatic rings. The smallest absolute Gasteiger partial charge is 0.247 e. The zero-order chi connectivity index (χ0) is 20.4. The van der Waals surface area contributed by atoms with Gasteiger partial charge in [-0.2, -0.15) is 0 Å². The van der Waals surface area contributed by atoms with Crippen molar-refractivity contribution in [2.75, 3.05) is 16.0 Å². The van der Waals surface area contributed by atoms with E-state index in [0.29, 0.717) is 11.4 Å². The lowest BCUT2D eigenvalue weighted by atomic mass is 10.1. The molecule has 3 amide bonds. The molecule has 0 saturated carbocycles. The summed E-state index contributed by atoms with van der Waals surface area (Å²) in [5.41, 5.74) is 1.26. The van der Waals surface area contributed by atoms with Crippen LogP contribution in [0.4, 0.5) is 11.4 Å². The fourth-order valence-electron chi connectivity index (χ4n) is 3.24. The number of benzene rings is 3. The molecule has 29 heavy (non-hydrogen) atoms. The Balaban J connectivity index is 1.37. The summed E-state index contributed by atoms with van der Waals surface area (Å²) in [6.45, 7) is 0. The predicted octanol–water partition coefficient (Wildman–Crippen LogP) is 4.61. The fraction of sp³-hybridized carbons (Fsp3) is 0.136. The van der Waals surface area contributed by atoms with Crippen LogP contribution in [0.5, 0.6) is 0 Å². The molecule has 0 unspecified atom stereocenters. The van der Waals surface area contributed by atoms with Gasteiger partial charge in [-0.05, 0) is 47.2 Å². The van der Waals surface area contributed by atoms with Crippen molar-refractivity contribution < 1.29 is 14.4 Å². The number of thioether (sulfide) groups is 1. The third-order valence-corrected chi connectivity index (χ3v) is 6.37. The summed E-state index contributed by atoms with van der Waals surface area (Å²) in [7, 11) is 0. The average Bonchev–Trinajstić information content (AvgIpc) is 3.00. The number of amides is 3. The second-order valence-electron chi connectivity index (χ2n) is 6.66. The third-order valence-electron chi connectivity index (χ3n) is 4.64. The molecule has 1 aliphatic heterocycles. The molecule has 0 radical (unpaired) electrons. The van der Waals surface area contributed by atoms with E-state index in [4.69, 9.17) is 0 Å². The number of hydrogen-bond donors (Lipinski definition) is 1. The summed E-state index contributed by atoms with van der Waals surface area (Å²) in [6.07, 6.45) is 0.100. The summed E-state index contributed by atoms with van der Waals surface area (Å²) >= 11 is 4.54. The molecule has 1 saturated heterocycles. The Labute approximate surface area is 180 Å². The van der Waals surface area contributed by atoms with Crippen LogP contribution in [-0.4, -0.2) is 28.7 Å². The Hall–Kier alpha value is -2.64. The third kappa shape index (κ3) is 4.36. The molecular formula is C22H17BrN2O3S. The molecule has 1 atom stereocenters. The van der Waals surface area contributed by atoms with Crippen LogP contribution in [0.25, 0.3) is 10.8 Å². The molecular weight excluding hydrogens is 452 g/mol. The van der Waals surface area contributed by atoms with Gasteiger partial charge in [0.15, 0.2) is 0 Å². The highest BCUT2D eigenvalue weighted by Gasteiger charge is 2.40. The van der Waals surface area contributed by atoms with Gasteiger partial charge in [0.25, 0.3) is 0 Å². The molecule has 1 N–H and O–H groups in total. The zero-order valence-corrected chi connectivity index (χ0v) is 17.7. The summed E-state index contributed by atoms with van der Waals surface area (Å²) in [4.78, 5) is 38.5. The first kappa shape index (κ1) is 19.7. The Kier molecular flexibility index (Phi) is 5.69. The van der Waals surface area contributed by atoms with E-state index in [1.807, 2.05) is 42.5 Å². The fourth-order valence-corrected chi connectivity index (χ4v) is 4.43. The Morgan fingerprint density at radius 3 is 2.52 bits per heavy atom. The second-order valence-corrected chi connectivity index (χ2v) is 8.76. The lowest BCUT2D eigenvalue weighted by Gasteiger charge is -2.15. The first-order chi connectivity index (χ1) is 14.0. The van der Waals surface area contributed by atoms with Crippen molar-refractivity contribution in [2.24, 2.45) is 0 Å². The Bertz CT molecular complexity index is 1100. The molecule has 0 aliphatic carbocycles. The Morgan fingerprint density at radius 2 is 1.76 bits per heavy atom. The highest BCUT2D eigenvalue weighted by Crippen LogP contribution is 2.30. The highest BCUT2D eigenvalue weighted by atomic mass is 79.9. The van der Waals surface area contributed by atoms with E-state index >= 15 is 0 Å². The number of carbonyl (C=O) groups excluding carboxylic acids is 3. The summed E-state index contributed by atoms with van der Waals surface area (Å²) in [6, 6.07) is 20.6. The molecule has 1 heterocycles. The van der Waals surface area contributed by atoms with E-state index < -0.39 is 5.25 Å². The van der Waals surface area contributed by atoms with Gasteiger partial charge in [0.05, 0.1) is 16.7 Å². The van der Waals surface area contributed by atoms with Crippen LogP contribution in [0, 0.1) is 0 Å². The van der Waals surface area contributed by atoms with Gasteiger partial charge in [0, 0.05) is 16.6 Å². The van der Waals surface area contributed by atoms with Gasteiger partial charge in [0.2, 0.25) is 17.7 Å². The molecule has 3 aromatic carbocycles. The largest absolute Gasteiger partial charge is 0.325 e. The minimum Gasteiger partial charge on any atom is -0.325 e. The molecule has 146 valence electrons. The van der Waals surface area contributed by atoms with Crippen LogP contribution in [-0.2, 0) is 14.4 Å². The number of halogens is 1. The topological polar surface area (TPSA) is 66.5 Å². The predicted molar refractivity (Wildman–Crippen MR) is 120 cm³/mol. The molecule has 0 spiro atoms. The normalized spacial score (nSPS) is 16.4. The summed E-state index contributed by atoms with van der Waals surface area (Å²) < 4.78 is 0.872. The van der Waals surface area contributed by atoms with Gasteiger partial charge < -0.3 is 5.32 Å². The molecule has 7 heteroatoms. The number of imide groups is 1. The van der Waals surface area contributed by atoms with Crippen molar-refractivity contribution in [1.29, 1.82) is 0 Å². The quantitative estimate of drug-likeness (QED) is 0.555. The van der Waals surface area contributed by atoms with Gasteiger partial charge >= 0.3 is 0 Å². The van der Waals surface area contributed by atoms with Crippen molar-refractivity contribution >= 4 is 67.6 Å².